The minimum Gasteiger partial charge on any atom is -0.459 e. The summed E-state index contributed by atoms with van der Waals surface area (Å²) in [7, 11) is 1.80. The smallest absolute Gasteiger partial charge is 0.323 e. The van der Waals surface area contributed by atoms with E-state index in [-0.39, 0.29) is 12.0 Å². The van der Waals surface area contributed by atoms with Gasteiger partial charge in [-0.2, -0.15) is 0 Å². The van der Waals surface area contributed by atoms with Gasteiger partial charge in [-0.3, -0.25) is 9.69 Å². The Bertz CT molecular complexity index is 257. The molecule has 1 aliphatic heterocycles. The summed E-state index contributed by atoms with van der Waals surface area (Å²) in [5.74, 6) is -0.168. The van der Waals surface area contributed by atoms with Gasteiger partial charge in [0.25, 0.3) is 0 Å². The van der Waals surface area contributed by atoms with Crippen molar-refractivity contribution in [3.05, 3.63) is 0 Å². The molecular formula is C13H26N2O3. The average molecular weight is 258 g/mol. The third-order valence-electron chi connectivity index (χ3n) is 2.88. The number of hydrogen-bond acceptors (Lipinski definition) is 5. The first-order valence-electron chi connectivity index (χ1n) is 6.62. The van der Waals surface area contributed by atoms with Crippen LogP contribution in [0.3, 0.4) is 0 Å². The van der Waals surface area contributed by atoms with Crippen molar-refractivity contribution in [2.45, 2.75) is 38.8 Å². The van der Waals surface area contributed by atoms with Crippen LogP contribution < -0.4 is 5.32 Å². The van der Waals surface area contributed by atoms with Crippen LogP contribution in [0.2, 0.25) is 0 Å². The Kier molecular flexibility index (Phi) is 6.05. The lowest BCUT2D eigenvalue weighted by atomic mass is 10.1. The number of carbonyl (C=O) groups is 1. The maximum Gasteiger partial charge on any atom is 0.323 e. The molecule has 1 aliphatic rings. The van der Waals surface area contributed by atoms with E-state index >= 15 is 0 Å². The van der Waals surface area contributed by atoms with E-state index in [0.29, 0.717) is 0 Å². The number of rotatable bonds is 5. The van der Waals surface area contributed by atoms with Gasteiger partial charge in [-0.1, -0.05) is 0 Å². The highest BCUT2D eigenvalue weighted by molar-refractivity contribution is 5.76. The van der Waals surface area contributed by atoms with E-state index in [9.17, 15) is 4.79 Å². The minimum atomic E-state index is -0.425. The van der Waals surface area contributed by atoms with Crippen LogP contribution >= 0.6 is 0 Å². The highest BCUT2D eigenvalue weighted by Crippen LogP contribution is 2.10. The Morgan fingerprint density at radius 2 is 2.00 bits per heavy atom. The second-order valence-corrected chi connectivity index (χ2v) is 5.62. The maximum absolute atomic E-state index is 11.9. The zero-order valence-electron chi connectivity index (χ0n) is 12.0. The molecule has 0 aromatic heterocycles. The predicted molar refractivity (Wildman–Crippen MR) is 70.6 cm³/mol. The summed E-state index contributed by atoms with van der Waals surface area (Å²) in [6.45, 7) is 10.0. The Morgan fingerprint density at radius 3 is 2.50 bits per heavy atom. The molecule has 1 heterocycles. The fraction of sp³-hybridized carbons (Fsp3) is 0.923. The number of esters is 1. The fourth-order valence-corrected chi connectivity index (χ4v) is 1.89. The van der Waals surface area contributed by atoms with Crippen LogP contribution in [-0.4, -0.2) is 62.4 Å². The van der Waals surface area contributed by atoms with Crippen LogP contribution in [0.1, 0.15) is 27.2 Å². The van der Waals surface area contributed by atoms with Gasteiger partial charge >= 0.3 is 5.97 Å². The van der Waals surface area contributed by atoms with Crippen LogP contribution in [0, 0.1) is 0 Å². The molecule has 18 heavy (non-hydrogen) atoms. The van der Waals surface area contributed by atoms with Crippen molar-refractivity contribution in [2.75, 3.05) is 39.9 Å². The van der Waals surface area contributed by atoms with E-state index in [4.69, 9.17) is 9.47 Å². The molecule has 5 nitrogen and oxygen atoms in total. The van der Waals surface area contributed by atoms with Crippen molar-refractivity contribution < 1.29 is 14.3 Å². The minimum absolute atomic E-state index is 0.168. The molecule has 0 aromatic carbocycles. The molecule has 0 saturated carbocycles. The monoisotopic (exact) mass is 258 g/mol. The highest BCUT2D eigenvalue weighted by Gasteiger charge is 2.24. The molecule has 0 amide bonds. The predicted octanol–water partition coefficient (Wildman–Crippen LogP) is 0.638. The van der Waals surface area contributed by atoms with Gasteiger partial charge in [-0.15, -0.1) is 0 Å². The Hall–Kier alpha value is -0.650. The molecule has 1 N–H and O–H groups in total. The second kappa shape index (κ2) is 7.07. The number of hydrogen-bond donors (Lipinski definition) is 1. The first-order chi connectivity index (χ1) is 8.42. The van der Waals surface area contributed by atoms with E-state index in [0.717, 1.165) is 39.3 Å². The Morgan fingerprint density at radius 1 is 1.39 bits per heavy atom. The quantitative estimate of drug-likeness (QED) is 0.733. The SMILES string of the molecule is CNC(CCN1CCOCC1)C(=O)OC(C)(C)C. The number of likely N-dealkylation sites (N-methyl/N-ethyl adjacent to an activating group) is 1. The van der Waals surface area contributed by atoms with Gasteiger partial charge in [0.15, 0.2) is 0 Å². The van der Waals surface area contributed by atoms with E-state index in [1.54, 1.807) is 7.05 Å². The van der Waals surface area contributed by atoms with Gasteiger partial charge in [-0.25, -0.2) is 0 Å². The molecular weight excluding hydrogens is 232 g/mol. The zero-order valence-corrected chi connectivity index (χ0v) is 12.0. The van der Waals surface area contributed by atoms with Crippen LogP contribution in [-0.2, 0) is 14.3 Å². The summed E-state index contributed by atoms with van der Waals surface area (Å²) in [6.07, 6.45) is 0.769. The lowest BCUT2D eigenvalue weighted by molar-refractivity contribution is -0.157. The fourth-order valence-electron chi connectivity index (χ4n) is 1.89. The van der Waals surface area contributed by atoms with Gasteiger partial charge in [0, 0.05) is 19.6 Å². The summed E-state index contributed by atoms with van der Waals surface area (Å²) in [5, 5.41) is 3.03. The summed E-state index contributed by atoms with van der Waals surface area (Å²) in [6, 6.07) is -0.230. The van der Waals surface area contributed by atoms with E-state index in [2.05, 4.69) is 10.2 Å². The molecule has 1 atom stereocenters. The molecule has 1 saturated heterocycles. The Labute approximate surface area is 110 Å². The normalized spacial score (nSPS) is 19.6. The van der Waals surface area contributed by atoms with Crippen LogP contribution in [0.5, 0.6) is 0 Å². The first kappa shape index (κ1) is 15.4. The third kappa shape index (κ3) is 5.80. The third-order valence-corrected chi connectivity index (χ3v) is 2.88. The van der Waals surface area contributed by atoms with Crippen LogP contribution in [0.4, 0.5) is 0 Å². The second-order valence-electron chi connectivity index (χ2n) is 5.62. The van der Waals surface area contributed by atoms with Crippen LogP contribution in [0.25, 0.3) is 0 Å². The van der Waals surface area contributed by atoms with Crippen molar-refractivity contribution >= 4 is 5.97 Å². The molecule has 1 unspecified atom stereocenters. The summed E-state index contributed by atoms with van der Waals surface area (Å²) < 4.78 is 10.7. The largest absolute Gasteiger partial charge is 0.459 e. The van der Waals surface area contributed by atoms with Crippen molar-refractivity contribution in [3.63, 3.8) is 0 Å². The number of ether oxygens (including phenoxy) is 2. The topological polar surface area (TPSA) is 50.8 Å². The number of morpholine rings is 1. The summed E-state index contributed by atoms with van der Waals surface area (Å²) in [5.41, 5.74) is -0.425. The van der Waals surface area contributed by atoms with Crippen LogP contribution in [0.15, 0.2) is 0 Å². The van der Waals surface area contributed by atoms with E-state index in [1.165, 1.54) is 0 Å². The van der Waals surface area contributed by atoms with E-state index in [1.807, 2.05) is 20.8 Å². The molecule has 1 fully saturated rings. The number of nitrogens with one attached hydrogen (secondary N) is 1. The standard InChI is InChI=1S/C13H26N2O3/c1-13(2,3)18-12(16)11(14-4)5-6-15-7-9-17-10-8-15/h11,14H,5-10H2,1-4H3. The number of nitrogens with zero attached hydrogens (tertiary/aromatic N) is 1. The molecule has 0 spiro atoms. The lowest BCUT2D eigenvalue weighted by Crippen LogP contribution is -2.43. The van der Waals surface area contributed by atoms with Crippen molar-refractivity contribution in [1.82, 2.24) is 10.2 Å². The molecule has 106 valence electrons. The van der Waals surface area contributed by atoms with Gasteiger partial charge in [0.05, 0.1) is 13.2 Å². The molecule has 0 aromatic rings. The molecule has 0 bridgehead atoms. The maximum atomic E-state index is 11.9. The molecule has 0 aliphatic carbocycles. The first-order valence-corrected chi connectivity index (χ1v) is 6.62. The number of carbonyl (C=O) groups excluding carboxylic acids is 1. The van der Waals surface area contributed by atoms with Crippen molar-refractivity contribution in [1.29, 1.82) is 0 Å². The van der Waals surface area contributed by atoms with E-state index < -0.39 is 5.60 Å². The lowest BCUT2D eigenvalue weighted by Gasteiger charge is -2.29. The zero-order chi connectivity index (χ0) is 13.6. The van der Waals surface area contributed by atoms with Gasteiger partial charge in [-0.05, 0) is 34.2 Å². The highest BCUT2D eigenvalue weighted by atomic mass is 16.6. The summed E-state index contributed by atoms with van der Waals surface area (Å²) in [4.78, 5) is 14.3. The molecule has 1 rings (SSSR count). The Balaban J connectivity index is 2.34. The van der Waals surface area contributed by atoms with Gasteiger partial charge in [0.1, 0.15) is 11.6 Å². The summed E-state index contributed by atoms with van der Waals surface area (Å²) >= 11 is 0. The van der Waals surface area contributed by atoms with Gasteiger partial charge in [0.2, 0.25) is 0 Å². The van der Waals surface area contributed by atoms with Crippen molar-refractivity contribution in [2.24, 2.45) is 0 Å². The average Bonchev–Trinajstić information content (AvgIpc) is 2.29. The molecule has 5 heteroatoms. The van der Waals surface area contributed by atoms with Gasteiger partial charge < -0.3 is 14.8 Å². The van der Waals surface area contributed by atoms with Crippen molar-refractivity contribution in [3.8, 4) is 0 Å². The molecule has 0 radical (unpaired) electrons.